The summed E-state index contributed by atoms with van der Waals surface area (Å²) in [6.07, 6.45) is 2.93. The van der Waals surface area contributed by atoms with Crippen LogP contribution in [-0.2, 0) is 6.61 Å². The molecule has 3 aromatic rings. The van der Waals surface area contributed by atoms with Crippen molar-refractivity contribution in [1.29, 1.82) is 0 Å². The minimum atomic E-state index is -0.379. The largest absolute Gasteiger partial charge is 0.493 e. The molecule has 0 saturated carbocycles. The fourth-order valence-corrected chi connectivity index (χ4v) is 2.63. The molecule has 0 radical (unpaired) electrons. The molecule has 0 atom stereocenters. The maximum Gasteiger partial charge on any atom is 0.280 e. The Hall–Kier alpha value is -3.20. The van der Waals surface area contributed by atoms with E-state index in [1.54, 1.807) is 36.4 Å². The highest BCUT2D eigenvalue weighted by Gasteiger charge is 2.11. The van der Waals surface area contributed by atoms with Crippen LogP contribution in [0.2, 0.25) is 0 Å². The van der Waals surface area contributed by atoms with Crippen LogP contribution in [0.3, 0.4) is 0 Å². The molecule has 1 heterocycles. The third-order valence-corrected chi connectivity index (χ3v) is 4.53. The number of nitrogens with zero attached hydrogens (tertiary/aromatic N) is 2. The van der Waals surface area contributed by atoms with Crippen LogP contribution in [0.15, 0.2) is 63.0 Å². The number of hydrogen-bond donors (Lipinski definition) is 2. The van der Waals surface area contributed by atoms with Crippen molar-refractivity contribution in [3.05, 3.63) is 80.4 Å². The van der Waals surface area contributed by atoms with Gasteiger partial charge in [0.1, 0.15) is 16.9 Å². The molecule has 1 aromatic heterocycles. The zero-order chi connectivity index (χ0) is 19.9. The van der Waals surface area contributed by atoms with Gasteiger partial charge in [-0.2, -0.15) is 10.2 Å². The summed E-state index contributed by atoms with van der Waals surface area (Å²) in [5.41, 5.74) is 3.79. The smallest absolute Gasteiger partial charge is 0.280 e. The van der Waals surface area contributed by atoms with Gasteiger partial charge >= 0.3 is 0 Å². The molecular weight excluding hydrogens is 431 g/mol. The van der Waals surface area contributed by atoms with E-state index in [4.69, 9.17) is 9.47 Å². The first-order valence-corrected chi connectivity index (χ1v) is 8.95. The molecule has 3 rings (SSSR count). The van der Waals surface area contributed by atoms with Crippen LogP contribution < -0.4 is 20.5 Å². The van der Waals surface area contributed by atoms with Crippen molar-refractivity contribution in [2.24, 2.45) is 5.10 Å². The molecule has 0 bridgehead atoms. The number of ether oxygens (including phenoxy) is 2. The minimum Gasteiger partial charge on any atom is -0.493 e. The average molecular weight is 447 g/mol. The topological polar surface area (TPSA) is 88.6 Å². The molecule has 2 aromatic carbocycles. The lowest BCUT2D eigenvalue weighted by Crippen LogP contribution is -2.10. The number of rotatable bonds is 7. The number of hydrazone groups is 1. The van der Waals surface area contributed by atoms with Gasteiger partial charge in [0.15, 0.2) is 11.5 Å². The Bertz CT molecular complexity index is 1060. The van der Waals surface area contributed by atoms with Crippen molar-refractivity contribution in [2.45, 2.75) is 6.61 Å². The Morgan fingerprint density at radius 3 is 2.89 bits per heavy atom. The number of hydrogen-bond acceptors (Lipinski definition) is 6. The van der Waals surface area contributed by atoms with Crippen molar-refractivity contribution in [2.75, 3.05) is 12.5 Å². The van der Waals surface area contributed by atoms with E-state index in [9.17, 15) is 9.18 Å². The number of anilines is 1. The Morgan fingerprint density at radius 1 is 1.29 bits per heavy atom. The van der Waals surface area contributed by atoms with Gasteiger partial charge in [-0.05, 0) is 34.1 Å². The second-order valence-corrected chi connectivity index (χ2v) is 6.35. The molecule has 0 spiro atoms. The van der Waals surface area contributed by atoms with Gasteiger partial charge in [-0.25, -0.2) is 9.49 Å². The van der Waals surface area contributed by atoms with Gasteiger partial charge in [-0.3, -0.25) is 10.2 Å². The predicted octanol–water partition coefficient (Wildman–Crippen LogP) is 3.71. The molecule has 0 aliphatic heterocycles. The van der Waals surface area contributed by atoms with Gasteiger partial charge in [-0.15, -0.1) is 0 Å². The Morgan fingerprint density at radius 2 is 2.11 bits per heavy atom. The third kappa shape index (κ3) is 4.55. The molecule has 2 N–H and O–H groups in total. The number of para-hydroxylation sites is 1. The van der Waals surface area contributed by atoms with E-state index < -0.39 is 0 Å². The predicted molar refractivity (Wildman–Crippen MR) is 108 cm³/mol. The molecule has 0 aliphatic carbocycles. The summed E-state index contributed by atoms with van der Waals surface area (Å²) in [6.45, 7) is 0.0326. The lowest BCUT2D eigenvalue weighted by molar-refractivity contribution is 0.279. The number of methoxy groups -OCH3 is 1. The SMILES string of the molecule is COc1cccc(C=NNc2cn[nH]c(=O)c2Br)c1OCc1ccccc1F. The first kappa shape index (κ1) is 19.6. The standard InChI is InChI=1S/C19H16BrFN4O3/c1-27-16-8-4-6-12(9-22-24-15-10-23-25-19(26)17(15)20)18(16)28-11-13-5-2-3-7-14(13)21/h2-10H,11H2,1H3,(H2,24,25,26). The maximum absolute atomic E-state index is 13.9. The summed E-state index contributed by atoms with van der Waals surface area (Å²) in [5.74, 6) is 0.558. The molecule has 0 saturated heterocycles. The molecule has 28 heavy (non-hydrogen) atoms. The quantitative estimate of drug-likeness (QED) is 0.426. The summed E-state index contributed by atoms with van der Waals surface area (Å²) >= 11 is 3.16. The van der Waals surface area contributed by atoms with Crippen molar-refractivity contribution in [3.63, 3.8) is 0 Å². The van der Waals surface area contributed by atoms with Crippen LogP contribution in [0.5, 0.6) is 11.5 Å². The van der Waals surface area contributed by atoms with Gasteiger partial charge in [0.2, 0.25) is 0 Å². The number of aromatic amines is 1. The molecule has 0 fully saturated rings. The average Bonchev–Trinajstić information content (AvgIpc) is 2.71. The third-order valence-electron chi connectivity index (χ3n) is 3.74. The summed E-state index contributed by atoms with van der Waals surface area (Å²) < 4.78 is 25.3. The van der Waals surface area contributed by atoms with Gasteiger partial charge in [-0.1, -0.05) is 24.3 Å². The van der Waals surface area contributed by atoms with Gasteiger partial charge in [0, 0.05) is 11.1 Å². The fraction of sp³-hybridized carbons (Fsp3) is 0.105. The van der Waals surface area contributed by atoms with Crippen LogP contribution >= 0.6 is 15.9 Å². The summed E-state index contributed by atoms with van der Waals surface area (Å²) in [4.78, 5) is 11.5. The molecule has 9 heteroatoms. The number of H-pyrrole nitrogens is 1. The summed E-state index contributed by atoms with van der Waals surface area (Å²) in [6, 6.07) is 11.7. The van der Waals surface area contributed by atoms with E-state index in [0.717, 1.165) is 0 Å². The van der Waals surface area contributed by atoms with Gasteiger partial charge in [0.05, 0.1) is 25.2 Å². The Kier molecular flexibility index (Phi) is 6.38. The lowest BCUT2D eigenvalue weighted by atomic mass is 10.2. The van der Waals surface area contributed by atoms with E-state index in [1.807, 2.05) is 0 Å². The highest BCUT2D eigenvalue weighted by molar-refractivity contribution is 9.10. The van der Waals surface area contributed by atoms with Crippen LogP contribution in [0, 0.1) is 5.82 Å². The summed E-state index contributed by atoms with van der Waals surface area (Å²) in [7, 11) is 1.52. The molecular formula is C19H16BrFN4O3. The monoisotopic (exact) mass is 446 g/mol. The first-order chi connectivity index (χ1) is 13.6. The maximum atomic E-state index is 13.9. The van der Waals surface area contributed by atoms with Crippen LogP contribution in [-0.4, -0.2) is 23.5 Å². The number of nitrogens with one attached hydrogen (secondary N) is 2. The lowest BCUT2D eigenvalue weighted by Gasteiger charge is -2.13. The Labute approximate surface area is 168 Å². The molecule has 7 nitrogen and oxygen atoms in total. The van der Waals surface area contributed by atoms with E-state index in [-0.39, 0.29) is 22.5 Å². The zero-order valence-corrected chi connectivity index (χ0v) is 16.4. The van der Waals surface area contributed by atoms with Crippen LogP contribution in [0.4, 0.5) is 10.1 Å². The van der Waals surface area contributed by atoms with Crippen LogP contribution in [0.25, 0.3) is 0 Å². The molecule has 0 aliphatic rings. The van der Waals surface area contributed by atoms with Gasteiger partial charge < -0.3 is 9.47 Å². The van der Waals surface area contributed by atoms with Crippen molar-refractivity contribution < 1.29 is 13.9 Å². The fourth-order valence-electron chi connectivity index (χ4n) is 2.35. The molecule has 0 amide bonds. The number of benzene rings is 2. The van der Waals surface area contributed by atoms with Crippen molar-refractivity contribution >= 4 is 27.8 Å². The van der Waals surface area contributed by atoms with E-state index in [1.165, 1.54) is 25.6 Å². The van der Waals surface area contributed by atoms with E-state index in [0.29, 0.717) is 28.3 Å². The van der Waals surface area contributed by atoms with Crippen molar-refractivity contribution in [3.8, 4) is 11.5 Å². The van der Waals surface area contributed by atoms with E-state index in [2.05, 4.69) is 36.7 Å². The highest BCUT2D eigenvalue weighted by atomic mass is 79.9. The summed E-state index contributed by atoms with van der Waals surface area (Å²) in [5, 5.41) is 10.1. The van der Waals surface area contributed by atoms with Crippen LogP contribution in [0.1, 0.15) is 11.1 Å². The number of aromatic nitrogens is 2. The second kappa shape index (κ2) is 9.14. The second-order valence-electron chi connectivity index (χ2n) is 5.56. The van der Waals surface area contributed by atoms with Gasteiger partial charge in [0.25, 0.3) is 5.56 Å². The zero-order valence-electron chi connectivity index (χ0n) is 14.8. The highest BCUT2D eigenvalue weighted by Crippen LogP contribution is 2.31. The van der Waals surface area contributed by atoms with E-state index >= 15 is 0 Å². The number of halogens is 2. The Balaban J connectivity index is 1.81. The minimum absolute atomic E-state index is 0.0326. The van der Waals surface area contributed by atoms with Crippen molar-refractivity contribution in [1.82, 2.24) is 10.2 Å². The first-order valence-electron chi connectivity index (χ1n) is 8.15. The molecule has 0 unspecified atom stereocenters. The molecule has 144 valence electrons. The normalized spacial score (nSPS) is 10.8.